The molecule has 0 radical (unpaired) electrons. The highest BCUT2D eigenvalue weighted by atomic mass is 16.4. The molecule has 98 valence electrons. The first-order chi connectivity index (χ1) is 8.40. The Hall–Kier alpha value is -2.04. The molecule has 5 heteroatoms. The molecule has 0 fully saturated rings. The first kappa shape index (κ1) is 14.0. The van der Waals surface area contributed by atoms with E-state index in [0.717, 1.165) is 11.3 Å². The number of benzene rings is 1. The van der Waals surface area contributed by atoms with Crippen LogP contribution in [0.25, 0.3) is 0 Å². The molecule has 0 saturated carbocycles. The van der Waals surface area contributed by atoms with E-state index in [1.807, 2.05) is 31.2 Å². The molecule has 1 rings (SSSR count). The van der Waals surface area contributed by atoms with Gasteiger partial charge in [0.15, 0.2) is 0 Å². The number of carboxylic acid groups (broad SMARTS) is 1. The van der Waals surface area contributed by atoms with Gasteiger partial charge in [0.05, 0.1) is 6.54 Å². The number of amides is 1. The molecule has 0 aliphatic rings. The van der Waals surface area contributed by atoms with Gasteiger partial charge in [-0.05, 0) is 19.1 Å². The van der Waals surface area contributed by atoms with Crippen LogP contribution in [0.3, 0.4) is 0 Å². The molecule has 1 aromatic carbocycles. The van der Waals surface area contributed by atoms with Crippen LogP contribution in [-0.4, -0.2) is 49.1 Å². The van der Waals surface area contributed by atoms with Crippen LogP contribution in [-0.2, 0) is 9.59 Å². The third-order valence-corrected chi connectivity index (χ3v) is 2.55. The van der Waals surface area contributed by atoms with E-state index in [4.69, 9.17) is 5.11 Å². The van der Waals surface area contributed by atoms with Crippen LogP contribution in [0.1, 0.15) is 5.56 Å². The summed E-state index contributed by atoms with van der Waals surface area (Å²) in [6.45, 7) is 1.82. The van der Waals surface area contributed by atoms with Gasteiger partial charge in [-0.2, -0.15) is 0 Å². The average molecular weight is 250 g/mol. The SMILES string of the molecule is Cc1ccc(N(CC(=O)O)CC(=O)N(C)C)cc1. The molecular weight excluding hydrogens is 232 g/mol. The lowest BCUT2D eigenvalue weighted by Crippen LogP contribution is -2.39. The normalized spacial score (nSPS) is 9.94. The smallest absolute Gasteiger partial charge is 0.323 e. The summed E-state index contributed by atoms with van der Waals surface area (Å²) in [4.78, 5) is 25.5. The summed E-state index contributed by atoms with van der Waals surface area (Å²) >= 11 is 0. The van der Waals surface area contributed by atoms with Crippen LogP contribution < -0.4 is 4.90 Å². The molecule has 0 saturated heterocycles. The molecule has 0 spiro atoms. The minimum atomic E-state index is -0.956. The number of carbonyl (C=O) groups is 2. The Kier molecular flexibility index (Phi) is 4.71. The zero-order valence-electron chi connectivity index (χ0n) is 10.9. The summed E-state index contributed by atoms with van der Waals surface area (Å²) in [5, 5.41) is 8.88. The molecule has 0 aliphatic heterocycles. The van der Waals surface area contributed by atoms with E-state index in [1.165, 1.54) is 4.90 Å². The predicted molar refractivity (Wildman–Crippen MR) is 69.7 cm³/mol. The highest BCUT2D eigenvalue weighted by Crippen LogP contribution is 2.14. The van der Waals surface area contributed by atoms with Gasteiger partial charge in [-0.3, -0.25) is 9.59 Å². The maximum atomic E-state index is 11.7. The van der Waals surface area contributed by atoms with Crippen LogP contribution in [0.5, 0.6) is 0 Å². The van der Waals surface area contributed by atoms with Crippen molar-refractivity contribution < 1.29 is 14.7 Å². The average Bonchev–Trinajstić information content (AvgIpc) is 2.28. The van der Waals surface area contributed by atoms with Crippen LogP contribution in [0.4, 0.5) is 5.69 Å². The standard InChI is InChI=1S/C13H18N2O3/c1-10-4-6-11(7-5-10)15(9-13(17)18)8-12(16)14(2)3/h4-7H,8-9H2,1-3H3,(H,17,18). The first-order valence-electron chi connectivity index (χ1n) is 5.63. The third-order valence-electron chi connectivity index (χ3n) is 2.55. The predicted octanol–water partition coefficient (Wildman–Crippen LogP) is 0.974. The van der Waals surface area contributed by atoms with Crippen molar-refractivity contribution >= 4 is 17.6 Å². The number of aliphatic carboxylic acids is 1. The number of carbonyl (C=O) groups excluding carboxylic acids is 1. The minimum Gasteiger partial charge on any atom is -0.480 e. The van der Waals surface area contributed by atoms with E-state index in [1.54, 1.807) is 19.0 Å². The molecule has 0 aliphatic carbocycles. The van der Waals surface area contributed by atoms with E-state index in [0.29, 0.717) is 0 Å². The van der Waals surface area contributed by atoms with E-state index in [2.05, 4.69) is 0 Å². The topological polar surface area (TPSA) is 60.9 Å². The molecule has 18 heavy (non-hydrogen) atoms. The fraction of sp³-hybridized carbons (Fsp3) is 0.385. The van der Waals surface area contributed by atoms with Gasteiger partial charge in [-0.1, -0.05) is 17.7 Å². The number of anilines is 1. The van der Waals surface area contributed by atoms with Crippen molar-refractivity contribution in [2.45, 2.75) is 6.92 Å². The van der Waals surface area contributed by atoms with Crippen molar-refractivity contribution in [3.05, 3.63) is 29.8 Å². The second kappa shape index (κ2) is 6.05. The molecule has 1 N–H and O–H groups in total. The molecule has 1 amide bonds. The summed E-state index contributed by atoms with van der Waals surface area (Å²) in [7, 11) is 3.30. The second-order valence-electron chi connectivity index (χ2n) is 4.37. The Morgan fingerprint density at radius 3 is 2.11 bits per heavy atom. The van der Waals surface area contributed by atoms with E-state index in [9.17, 15) is 9.59 Å². The van der Waals surface area contributed by atoms with Gasteiger partial charge in [0.2, 0.25) is 5.91 Å². The first-order valence-corrected chi connectivity index (χ1v) is 5.63. The fourth-order valence-electron chi connectivity index (χ4n) is 1.46. The summed E-state index contributed by atoms with van der Waals surface area (Å²) in [5.41, 5.74) is 1.83. The van der Waals surface area contributed by atoms with Crippen molar-refractivity contribution in [3.8, 4) is 0 Å². The Labute approximate surface area is 107 Å². The molecule has 0 unspecified atom stereocenters. The zero-order chi connectivity index (χ0) is 13.7. The van der Waals surface area contributed by atoms with Crippen LogP contribution >= 0.6 is 0 Å². The minimum absolute atomic E-state index is 0.0579. The van der Waals surface area contributed by atoms with Gasteiger partial charge in [0, 0.05) is 19.8 Å². The summed E-state index contributed by atoms with van der Waals surface area (Å²) in [6.07, 6.45) is 0. The molecule has 1 aromatic rings. The zero-order valence-corrected chi connectivity index (χ0v) is 10.9. The largest absolute Gasteiger partial charge is 0.480 e. The van der Waals surface area contributed by atoms with Crippen molar-refractivity contribution in [1.29, 1.82) is 0 Å². The fourth-order valence-corrected chi connectivity index (χ4v) is 1.46. The Morgan fingerprint density at radius 1 is 1.11 bits per heavy atom. The van der Waals surface area contributed by atoms with E-state index >= 15 is 0 Å². The lowest BCUT2D eigenvalue weighted by molar-refractivity contribution is -0.135. The van der Waals surface area contributed by atoms with Crippen molar-refractivity contribution in [2.75, 3.05) is 32.1 Å². The van der Waals surface area contributed by atoms with Crippen LogP contribution in [0, 0.1) is 6.92 Å². The molecule has 0 bridgehead atoms. The Balaban J connectivity index is 2.87. The van der Waals surface area contributed by atoms with E-state index in [-0.39, 0.29) is 19.0 Å². The summed E-state index contributed by atoms with van der Waals surface area (Å²) in [5.74, 6) is -1.08. The quantitative estimate of drug-likeness (QED) is 0.846. The highest BCUT2D eigenvalue weighted by Gasteiger charge is 2.15. The number of aryl methyl sites for hydroxylation is 1. The van der Waals surface area contributed by atoms with E-state index < -0.39 is 5.97 Å². The van der Waals surface area contributed by atoms with Gasteiger partial charge < -0.3 is 14.9 Å². The second-order valence-corrected chi connectivity index (χ2v) is 4.37. The number of nitrogens with zero attached hydrogens (tertiary/aromatic N) is 2. The highest BCUT2D eigenvalue weighted by molar-refractivity contribution is 5.83. The summed E-state index contributed by atoms with van der Waals surface area (Å²) < 4.78 is 0. The maximum absolute atomic E-state index is 11.7. The number of rotatable bonds is 5. The van der Waals surface area contributed by atoms with Gasteiger partial charge in [-0.25, -0.2) is 0 Å². The third kappa shape index (κ3) is 4.08. The summed E-state index contributed by atoms with van der Waals surface area (Å²) in [6, 6.07) is 7.43. The lowest BCUT2D eigenvalue weighted by Gasteiger charge is -2.24. The monoisotopic (exact) mass is 250 g/mol. The number of hydrogen-bond donors (Lipinski definition) is 1. The molecular formula is C13H18N2O3. The molecule has 0 heterocycles. The number of likely N-dealkylation sites (N-methyl/N-ethyl adjacent to an activating group) is 1. The van der Waals surface area contributed by atoms with Crippen molar-refractivity contribution in [2.24, 2.45) is 0 Å². The van der Waals surface area contributed by atoms with Gasteiger partial charge in [0.25, 0.3) is 0 Å². The molecule has 0 aromatic heterocycles. The van der Waals surface area contributed by atoms with Crippen LogP contribution in [0.15, 0.2) is 24.3 Å². The number of hydrogen-bond acceptors (Lipinski definition) is 3. The van der Waals surface area contributed by atoms with Crippen LogP contribution in [0.2, 0.25) is 0 Å². The van der Waals surface area contributed by atoms with Crippen molar-refractivity contribution in [1.82, 2.24) is 4.90 Å². The van der Waals surface area contributed by atoms with Gasteiger partial charge in [0.1, 0.15) is 6.54 Å². The lowest BCUT2D eigenvalue weighted by atomic mass is 10.2. The van der Waals surface area contributed by atoms with Crippen molar-refractivity contribution in [3.63, 3.8) is 0 Å². The Bertz CT molecular complexity index is 426. The molecule has 5 nitrogen and oxygen atoms in total. The Morgan fingerprint density at radius 2 is 1.67 bits per heavy atom. The maximum Gasteiger partial charge on any atom is 0.323 e. The number of carboxylic acids is 1. The molecule has 0 atom stereocenters. The van der Waals surface area contributed by atoms with Gasteiger partial charge >= 0.3 is 5.97 Å². The van der Waals surface area contributed by atoms with Gasteiger partial charge in [-0.15, -0.1) is 0 Å².